The molecule has 3 aromatic carbocycles. The van der Waals surface area contributed by atoms with Gasteiger partial charge in [0, 0.05) is 12.1 Å². The SMILES string of the molecule is C=CCCC(Cc1ccccc1)C(=O)OCC(NC(=O)C(CC=C)CC(=O)NC1(CO)CCCC1)C(=O)Nc1ccc2ccccc2c1. The van der Waals surface area contributed by atoms with Crippen molar-refractivity contribution in [1.29, 1.82) is 0 Å². The number of anilines is 1. The Labute approximate surface area is 282 Å². The lowest BCUT2D eigenvalue weighted by molar-refractivity contribution is -0.150. The van der Waals surface area contributed by atoms with Gasteiger partial charge in [-0.25, -0.2) is 0 Å². The van der Waals surface area contributed by atoms with Crippen molar-refractivity contribution in [3.63, 3.8) is 0 Å². The monoisotopic (exact) mass is 653 g/mol. The van der Waals surface area contributed by atoms with Crippen molar-refractivity contribution in [1.82, 2.24) is 10.6 Å². The van der Waals surface area contributed by atoms with E-state index in [-0.39, 0.29) is 25.4 Å². The van der Waals surface area contributed by atoms with Crippen LogP contribution < -0.4 is 16.0 Å². The van der Waals surface area contributed by atoms with E-state index < -0.39 is 47.8 Å². The van der Waals surface area contributed by atoms with Crippen molar-refractivity contribution in [2.24, 2.45) is 11.8 Å². The average Bonchev–Trinajstić information content (AvgIpc) is 3.57. The highest BCUT2D eigenvalue weighted by molar-refractivity contribution is 5.99. The maximum Gasteiger partial charge on any atom is 0.309 e. The summed E-state index contributed by atoms with van der Waals surface area (Å²) >= 11 is 0. The molecule has 254 valence electrons. The second-order valence-electron chi connectivity index (χ2n) is 12.6. The minimum Gasteiger partial charge on any atom is -0.463 e. The second-order valence-corrected chi connectivity index (χ2v) is 12.6. The third kappa shape index (κ3) is 10.4. The summed E-state index contributed by atoms with van der Waals surface area (Å²) in [7, 11) is 0. The van der Waals surface area contributed by atoms with E-state index >= 15 is 0 Å². The Hall–Kier alpha value is -4.76. The maximum absolute atomic E-state index is 13.7. The Morgan fingerprint density at radius 2 is 1.58 bits per heavy atom. The van der Waals surface area contributed by atoms with Gasteiger partial charge in [0.25, 0.3) is 5.91 Å². The summed E-state index contributed by atoms with van der Waals surface area (Å²) in [5, 5.41) is 20.4. The number of allylic oxidation sites excluding steroid dienone is 2. The number of rotatable bonds is 18. The van der Waals surface area contributed by atoms with Gasteiger partial charge < -0.3 is 25.8 Å². The lowest BCUT2D eigenvalue weighted by atomic mass is 9.95. The lowest BCUT2D eigenvalue weighted by Gasteiger charge is -2.29. The van der Waals surface area contributed by atoms with Gasteiger partial charge in [-0.1, -0.05) is 85.7 Å². The zero-order chi connectivity index (χ0) is 34.4. The van der Waals surface area contributed by atoms with Crippen molar-refractivity contribution in [3.8, 4) is 0 Å². The van der Waals surface area contributed by atoms with Crippen LogP contribution in [0.5, 0.6) is 0 Å². The molecule has 0 saturated heterocycles. The number of nitrogens with one attached hydrogen (secondary N) is 3. The third-order valence-corrected chi connectivity index (χ3v) is 8.94. The lowest BCUT2D eigenvalue weighted by Crippen LogP contribution is -2.52. The highest BCUT2D eigenvalue weighted by Crippen LogP contribution is 2.29. The number of esters is 1. The van der Waals surface area contributed by atoms with Crippen LogP contribution in [-0.4, -0.2) is 53.6 Å². The number of aliphatic hydroxyl groups excluding tert-OH is 1. The van der Waals surface area contributed by atoms with Crippen LogP contribution in [0.4, 0.5) is 5.69 Å². The average molecular weight is 654 g/mol. The van der Waals surface area contributed by atoms with Gasteiger partial charge in [-0.05, 0) is 67.0 Å². The Balaban J connectivity index is 1.50. The molecule has 0 heterocycles. The van der Waals surface area contributed by atoms with Crippen LogP contribution in [0.1, 0.15) is 56.9 Å². The van der Waals surface area contributed by atoms with Crippen LogP contribution in [0.3, 0.4) is 0 Å². The smallest absolute Gasteiger partial charge is 0.309 e. The van der Waals surface area contributed by atoms with Crippen molar-refractivity contribution in [2.45, 2.75) is 69.4 Å². The predicted octanol–water partition coefficient (Wildman–Crippen LogP) is 5.64. The number of aliphatic hydroxyl groups is 1. The number of hydrogen-bond donors (Lipinski definition) is 4. The number of ether oxygens (including phenoxy) is 1. The van der Waals surface area contributed by atoms with Gasteiger partial charge in [0.15, 0.2) is 0 Å². The van der Waals surface area contributed by atoms with E-state index in [1.165, 1.54) is 0 Å². The molecule has 4 N–H and O–H groups in total. The van der Waals surface area contributed by atoms with Crippen LogP contribution in [0.25, 0.3) is 10.8 Å². The topological polar surface area (TPSA) is 134 Å². The first-order chi connectivity index (χ1) is 23.3. The van der Waals surface area contributed by atoms with Crippen LogP contribution in [0, 0.1) is 11.8 Å². The first-order valence-corrected chi connectivity index (χ1v) is 16.7. The van der Waals surface area contributed by atoms with Crippen molar-refractivity contribution in [3.05, 3.63) is 104 Å². The van der Waals surface area contributed by atoms with E-state index in [4.69, 9.17) is 4.74 Å². The molecule has 48 heavy (non-hydrogen) atoms. The minimum absolute atomic E-state index is 0.154. The standard InChI is InChI=1S/C39H47N3O6/c1-3-5-16-32(23-28-14-7-6-8-15-28)38(47)48-26-34(37(46)40-33-20-19-29-17-9-10-18-30(29)24-33)41-36(45)31(13-4-2)25-35(44)42-39(27-43)21-11-12-22-39/h3-4,6-10,14-15,17-20,24,31-32,34,43H,1-2,5,11-13,16,21-23,25-27H2,(H,40,46)(H,41,45)(H,42,44). The maximum atomic E-state index is 13.7. The Morgan fingerprint density at radius 3 is 2.27 bits per heavy atom. The number of benzene rings is 3. The molecular weight excluding hydrogens is 606 g/mol. The molecular formula is C39H47N3O6. The van der Waals surface area contributed by atoms with Crippen molar-refractivity contribution >= 4 is 40.2 Å². The Kier molecular flexibility index (Phi) is 13.5. The molecule has 1 fully saturated rings. The fourth-order valence-corrected chi connectivity index (χ4v) is 6.20. The van der Waals surface area contributed by atoms with E-state index in [0.29, 0.717) is 37.8 Å². The highest BCUT2D eigenvalue weighted by Gasteiger charge is 2.36. The van der Waals surface area contributed by atoms with Crippen LogP contribution in [0.2, 0.25) is 0 Å². The van der Waals surface area contributed by atoms with Gasteiger partial charge in [0.1, 0.15) is 12.6 Å². The summed E-state index contributed by atoms with van der Waals surface area (Å²) < 4.78 is 5.73. The molecule has 1 aliphatic rings. The first-order valence-electron chi connectivity index (χ1n) is 16.7. The van der Waals surface area contributed by atoms with Gasteiger partial charge in [-0.15, -0.1) is 13.2 Å². The zero-order valence-electron chi connectivity index (χ0n) is 27.5. The van der Waals surface area contributed by atoms with E-state index in [2.05, 4.69) is 29.1 Å². The predicted molar refractivity (Wildman–Crippen MR) is 188 cm³/mol. The Bertz CT molecular complexity index is 1570. The van der Waals surface area contributed by atoms with Gasteiger partial charge in [-0.2, -0.15) is 0 Å². The molecule has 3 amide bonds. The van der Waals surface area contributed by atoms with E-state index in [1.54, 1.807) is 18.2 Å². The normalized spacial score (nSPS) is 15.4. The minimum atomic E-state index is -1.24. The zero-order valence-corrected chi connectivity index (χ0v) is 27.5. The number of hydrogen-bond acceptors (Lipinski definition) is 6. The molecule has 9 nitrogen and oxygen atoms in total. The molecule has 0 aromatic heterocycles. The van der Waals surface area contributed by atoms with Gasteiger partial charge in [0.2, 0.25) is 11.8 Å². The summed E-state index contributed by atoms with van der Waals surface area (Å²) in [5.74, 6) is -3.25. The highest BCUT2D eigenvalue weighted by atomic mass is 16.5. The van der Waals surface area contributed by atoms with Crippen LogP contribution in [-0.2, 0) is 30.3 Å². The van der Waals surface area contributed by atoms with Crippen molar-refractivity contribution < 1.29 is 29.0 Å². The van der Waals surface area contributed by atoms with Gasteiger partial charge >= 0.3 is 5.97 Å². The molecule has 4 rings (SSSR count). The van der Waals surface area contributed by atoms with Gasteiger partial charge in [0.05, 0.1) is 24.0 Å². The number of carbonyl (C=O) groups excluding carboxylic acids is 4. The quantitative estimate of drug-likeness (QED) is 0.104. The number of carbonyl (C=O) groups is 4. The second kappa shape index (κ2) is 18.0. The molecule has 3 aromatic rings. The Morgan fingerprint density at radius 1 is 0.875 bits per heavy atom. The van der Waals surface area contributed by atoms with E-state index in [9.17, 15) is 24.3 Å². The molecule has 0 aliphatic heterocycles. The third-order valence-electron chi connectivity index (χ3n) is 8.94. The van der Waals surface area contributed by atoms with Crippen LogP contribution in [0.15, 0.2) is 98.1 Å². The summed E-state index contributed by atoms with van der Waals surface area (Å²) in [6.07, 6.45) is 8.07. The largest absolute Gasteiger partial charge is 0.463 e. The molecule has 1 saturated carbocycles. The fourth-order valence-electron chi connectivity index (χ4n) is 6.20. The molecule has 1 aliphatic carbocycles. The van der Waals surface area contributed by atoms with E-state index in [1.807, 2.05) is 66.7 Å². The first kappa shape index (κ1) is 36.1. The van der Waals surface area contributed by atoms with Crippen LogP contribution >= 0.6 is 0 Å². The van der Waals surface area contributed by atoms with Crippen molar-refractivity contribution in [2.75, 3.05) is 18.5 Å². The van der Waals surface area contributed by atoms with E-state index in [0.717, 1.165) is 29.2 Å². The number of amides is 3. The summed E-state index contributed by atoms with van der Waals surface area (Å²) in [6, 6.07) is 21.6. The molecule has 3 atom stereocenters. The number of fused-ring (bicyclic) bond motifs is 1. The molecule has 3 unspecified atom stereocenters. The summed E-state index contributed by atoms with van der Waals surface area (Å²) in [4.78, 5) is 53.8. The molecule has 0 bridgehead atoms. The molecule has 0 spiro atoms. The molecule has 9 heteroatoms. The molecule has 0 radical (unpaired) electrons. The van der Waals surface area contributed by atoms with Gasteiger partial charge in [-0.3, -0.25) is 19.2 Å². The summed E-state index contributed by atoms with van der Waals surface area (Å²) in [6.45, 7) is 6.96. The summed E-state index contributed by atoms with van der Waals surface area (Å²) in [5.41, 5.74) is 0.823. The fraction of sp³-hybridized carbons (Fsp3) is 0.385.